The number of aromatic nitrogens is 2. The molecule has 0 aliphatic carbocycles. The van der Waals surface area contributed by atoms with E-state index in [1.165, 1.54) is 0 Å². The van der Waals surface area contributed by atoms with Crippen molar-refractivity contribution in [3.05, 3.63) is 32.1 Å². The van der Waals surface area contributed by atoms with Crippen molar-refractivity contribution in [1.82, 2.24) is 9.55 Å². The molecule has 1 heterocycles. The van der Waals surface area contributed by atoms with E-state index in [0.717, 1.165) is 10.8 Å². The van der Waals surface area contributed by atoms with Crippen molar-refractivity contribution in [3.63, 3.8) is 0 Å². The molecule has 0 radical (unpaired) electrons. The van der Waals surface area contributed by atoms with Gasteiger partial charge in [-0.1, -0.05) is 11.6 Å². The van der Waals surface area contributed by atoms with Gasteiger partial charge in [0.05, 0.1) is 6.54 Å². The number of aliphatic hydroxyl groups is 1. The Morgan fingerprint density at radius 2 is 2.29 bits per heavy atom. The zero-order valence-electron chi connectivity index (χ0n) is 7.04. The predicted octanol–water partition coefficient (Wildman–Crippen LogP) is -0.480. The number of hydrogen-bond acceptors (Lipinski definition) is 3. The van der Waals surface area contributed by atoms with Gasteiger partial charge >= 0.3 is 5.69 Å². The lowest BCUT2D eigenvalue weighted by Gasteiger charge is -2.08. The first-order valence-electron chi connectivity index (χ1n) is 3.78. The van der Waals surface area contributed by atoms with Gasteiger partial charge in [0.1, 0.15) is 17.8 Å². The molecule has 0 saturated heterocycles. The monoisotopic (exact) mass is 222 g/mol. The highest BCUT2D eigenvalue weighted by atomic mass is 35.5. The molecule has 1 atom stereocenters. The van der Waals surface area contributed by atoms with E-state index in [4.69, 9.17) is 16.7 Å². The summed E-state index contributed by atoms with van der Waals surface area (Å²) in [6.07, 6.45) is -0.226. The minimum absolute atomic E-state index is 0.185. The lowest BCUT2D eigenvalue weighted by molar-refractivity contribution is 0.120. The van der Waals surface area contributed by atoms with Gasteiger partial charge in [-0.15, -0.1) is 0 Å². The first-order valence-corrected chi connectivity index (χ1v) is 4.15. The van der Waals surface area contributed by atoms with Crippen LogP contribution in [0.2, 0.25) is 5.02 Å². The predicted molar refractivity (Wildman–Crippen MR) is 48.3 cm³/mol. The van der Waals surface area contributed by atoms with E-state index in [1.54, 1.807) is 0 Å². The van der Waals surface area contributed by atoms with Crippen LogP contribution in [0.5, 0.6) is 0 Å². The molecule has 0 aliphatic heterocycles. The van der Waals surface area contributed by atoms with Crippen molar-refractivity contribution in [2.45, 2.75) is 12.6 Å². The maximum atomic E-state index is 11.9. The van der Waals surface area contributed by atoms with Crippen LogP contribution in [-0.4, -0.2) is 27.4 Å². The lowest BCUT2D eigenvalue weighted by atomic mass is 10.4. The standard InChI is InChI=1S/C7H8ClFN2O3/c8-5-3-11(2-4(12)1-9)7(14)10-6(5)13/h3-4,12H,1-2H2,(H,10,13,14). The summed E-state index contributed by atoms with van der Waals surface area (Å²) >= 11 is 5.43. The molecule has 0 bridgehead atoms. The molecule has 1 aromatic rings. The van der Waals surface area contributed by atoms with Crippen molar-refractivity contribution >= 4 is 11.6 Å². The minimum Gasteiger partial charge on any atom is -0.389 e. The van der Waals surface area contributed by atoms with Gasteiger partial charge in [-0.05, 0) is 0 Å². The van der Waals surface area contributed by atoms with E-state index in [-0.39, 0.29) is 11.6 Å². The van der Waals surface area contributed by atoms with Gasteiger partial charge in [0, 0.05) is 6.20 Å². The molecule has 0 amide bonds. The van der Waals surface area contributed by atoms with Crippen LogP contribution in [-0.2, 0) is 6.54 Å². The summed E-state index contributed by atoms with van der Waals surface area (Å²) in [6, 6.07) is 0. The summed E-state index contributed by atoms with van der Waals surface area (Å²) in [5.41, 5.74) is -1.44. The molecule has 5 nitrogen and oxygen atoms in total. The van der Waals surface area contributed by atoms with Crippen molar-refractivity contribution in [2.24, 2.45) is 0 Å². The van der Waals surface area contributed by atoms with Gasteiger partial charge in [-0.25, -0.2) is 9.18 Å². The molecule has 1 unspecified atom stereocenters. The van der Waals surface area contributed by atoms with E-state index < -0.39 is 24.0 Å². The summed E-state index contributed by atoms with van der Waals surface area (Å²) in [5.74, 6) is 0. The normalized spacial score (nSPS) is 12.8. The van der Waals surface area contributed by atoms with Crippen LogP contribution in [0.3, 0.4) is 0 Å². The first-order chi connectivity index (χ1) is 6.54. The van der Waals surface area contributed by atoms with E-state index in [9.17, 15) is 14.0 Å². The third kappa shape index (κ3) is 2.43. The second kappa shape index (κ2) is 4.39. The van der Waals surface area contributed by atoms with Gasteiger partial charge in [-0.2, -0.15) is 0 Å². The number of H-pyrrole nitrogens is 1. The molecule has 0 aromatic carbocycles. The Labute approximate surface area is 82.8 Å². The van der Waals surface area contributed by atoms with E-state index >= 15 is 0 Å². The Bertz CT molecular complexity index is 428. The largest absolute Gasteiger partial charge is 0.389 e. The summed E-state index contributed by atoms with van der Waals surface area (Å²) in [4.78, 5) is 23.8. The van der Waals surface area contributed by atoms with Gasteiger partial charge in [0.15, 0.2) is 0 Å². The molecule has 0 saturated carbocycles. The summed E-state index contributed by atoms with van der Waals surface area (Å²) in [6.45, 7) is -1.21. The van der Waals surface area contributed by atoms with E-state index in [1.807, 2.05) is 4.98 Å². The molecule has 0 fully saturated rings. The van der Waals surface area contributed by atoms with Crippen LogP contribution in [0.25, 0.3) is 0 Å². The molecule has 1 rings (SSSR count). The first kappa shape index (κ1) is 10.9. The van der Waals surface area contributed by atoms with Crippen LogP contribution >= 0.6 is 11.6 Å². The second-order valence-electron chi connectivity index (χ2n) is 2.70. The second-order valence-corrected chi connectivity index (χ2v) is 3.10. The SMILES string of the molecule is O=c1[nH]c(=O)n(CC(O)CF)cc1Cl. The Morgan fingerprint density at radius 1 is 1.64 bits per heavy atom. The van der Waals surface area contributed by atoms with Crippen molar-refractivity contribution < 1.29 is 9.50 Å². The number of aromatic amines is 1. The van der Waals surface area contributed by atoms with Gasteiger partial charge in [0.25, 0.3) is 5.56 Å². The smallest absolute Gasteiger partial charge is 0.328 e. The summed E-state index contributed by atoms with van der Waals surface area (Å²) in [5, 5.41) is 8.74. The Balaban J connectivity index is 3.04. The molecule has 1 aromatic heterocycles. The Kier molecular flexibility index (Phi) is 3.43. The average molecular weight is 223 g/mol. The van der Waals surface area contributed by atoms with Crippen LogP contribution in [0, 0.1) is 0 Å². The van der Waals surface area contributed by atoms with Crippen molar-refractivity contribution in [3.8, 4) is 0 Å². The zero-order chi connectivity index (χ0) is 10.7. The summed E-state index contributed by atoms with van der Waals surface area (Å²) < 4.78 is 12.9. The number of nitrogens with one attached hydrogen (secondary N) is 1. The highest BCUT2D eigenvalue weighted by Crippen LogP contribution is 1.97. The maximum Gasteiger partial charge on any atom is 0.328 e. The third-order valence-corrected chi connectivity index (χ3v) is 1.82. The molecular formula is C7H8ClFN2O3. The number of halogens is 2. The number of hydrogen-bond donors (Lipinski definition) is 2. The van der Waals surface area contributed by atoms with Crippen LogP contribution in [0.15, 0.2) is 15.8 Å². The van der Waals surface area contributed by atoms with Crippen LogP contribution in [0.4, 0.5) is 4.39 Å². The topological polar surface area (TPSA) is 75.1 Å². The fourth-order valence-electron chi connectivity index (χ4n) is 0.894. The fourth-order valence-corrected chi connectivity index (χ4v) is 1.06. The van der Waals surface area contributed by atoms with Crippen LogP contribution < -0.4 is 11.2 Å². The Hall–Kier alpha value is -1.14. The van der Waals surface area contributed by atoms with E-state index in [2.05, 4.69) is 0 Å². The zero-order valence-corrected chi connectivity index (χ0v) is 7.79. The highest BCUT2D eigenvalue weighted by molar-refractivity contribution is 6.30. The minimum atomic E-state index is -1.28. The van der Waals surface area contributed by atoms with Crippen LogP contribution in [0.1, 0.15) is 0 Å². The molecule has 2 N–H and O–H groups in total. The molecular weight excluding hydrogens is 215 g/mol. The summed E-state index contributed by atoms with van der Waals surface area (Å²) in [7, 11) is 0. The number of nitrogens with zero attached hydrogens (tertiary/aromatic N) is 1. The van der Waals surface area contributed by atoms with E-state index in [0.29, 0.717) is 0 Å². The number of alkyl halides is 1. The van der Waals surface area contributed by atoms with Gasteiger partial charge < -0.3 is 5.11 Å². The Morgan fingerprint density at radius 3 is 2.86 bits per heavy atom. The quantitative estimate of drug-likeness (QED) is 0.726. The molecule has 78 valence electrons. The van der Waals surface area contributed by atoms with Gasteiger partial charge in [-0.3, -0.25) is 14.3 Å². The molecule has 0 aliphatic rings. The lowest BCUT2D eigenvalue weighted by Crippen LogP contribution is -2.33. The number of rotatable bonds is 3. The van der Waals surface area contributed by atoms with Crippen molar-refractivity contribution in [2.75, 3.05) is 6.67 Å². The third-order valence-electron chi connectivity index (χ3n) is 1.55. The van der Waals surface area contributed by atoms with Gasteiger partial charge in [0.2, 0.25) is 0 Å². The van der Waals surface area contributed by atoms with Crippen molar-refractivity contribution in [1.29, 1.82) is 0 Å². The molecule has 0 spiro atoms. The molecule has 14 heavy (non-hydrogen) atoms. The molecule has 7 heteroatoms. The average Bonchev–Trinajstić information content (AvgIpc) is 2.14. The number of aliphatic hydroxyl groups excluding tert-OH is 1. The fraction of sp³-hybridized carbons (Fsp3) is 0.429. The maximum absolute atomic E-state index is 11.9. The highest BCUT2D eigenvalue weighted by Gasteiger charge is 2.07.